The Morgan fingerprint density at radius 3 is 1.88 bits per heavy atom. The van der Waals surface area contributed by atoms with E-state index in [1.807, 2.05) is 0 Å². The summed E-state index contributed by atoms with van der Waals surface area (Å²) < 4.78 is 14.7. The van der Waals surface area contributed by atoms with Crippen LogP contribution in [0.5, 0.6) is 0 Å². The zero-order chi connectivity index (χ0) is 19.1. The van der Waals surface area contributed by atoms with Crippen LogP contribution in [0.25, 0.3) is 0 Å². The molecule has 0 N–H and O–H groups in total. The van der Waals surface area contributed by atoms with Gasteiger partial charge in [0.2, 0.25) is 0 Å². The van der Waals surface area contributed by atoms with Gasteiger partial charge in [-0.15, -0.1) is 0 Å². The number of nitrogens with zero attached hydrogens (tertiary/aromatic N) is 1. The molecule has 0 aliphatic heterocycles. The van der Waals surface area contributed by atoms with Crippen LogP contribution in [0.15, 0.2) is 30.3 Å². The Morgan fingerprint density at radius 1 is 0.920 bits per heavy atom. The molecule has 1 rings (SSSR count). The fourth-order valence-corrected chi connectivity index (χ4v) is 7.81. The topological polar surface area (TPSA) is 21.7 Å². The molecule has 0 aromatic heterocycles. The van der Waals surface area contributed by atoms with Crippen molar-refractivity contribution in [1.82, 2.24) is 0 Å². The van der Waals surface area contributed by atoms with Crippen LogP contribution in [0.4, 0.5) is 5.69 Å². The molecule has 0 spiro atoms. The maximum Gasteiger partial charge on any atom is 0.334 e. The van der Waals surface area contributed by atoms with Crippen LogP contribution in [0, 0.1) is 0 Å². The molecule has 5 heteroatoms. The fraction of sp³-hybridized carbons (Fsp3) is 0.700. The normalized spacial score (nSPS) is 13.1. The third-order valence-corrected chi connectivity index (χ3v) is 14.1. The lowest BCUT2D eigenvalue weighted by molar-refractivity contribution is 0.188. The molecule has 0 atom stereocenters. The second-order valence-corrected chi connectivity index (χ2v) is 16.9. The highest BCUT2D eigenvalue weighted by Crippen LogP contribution is 2.40. The summed E-state index contributed by atoms with van der Waals surface area (Å²) in [5, 5.41) is 0.309. The van der Waals surface area contributed by atoms with Gasteiger partial charge in [-0.05, 0) is 50.0 Å². The first kappa shape index (κ1) is 22.4. The number of hydrogen-bond acceptors (Lipinski definition) is 3. The van der Waals surface area contributed by atoms with E-state index in [1.165, 1.54) is 5.69 Å². The molecule has 0 saturated carbocycles. The summed E-state index contributed by atoms with van der Waals surface area (Å²) in [4.78, 5) is 0. The first-order valence-corrected chi connectivity index (χ1v) is 15.1. The molecular formula is C20H39NO2Si2. The number of anilines is 1. The van der Waals surface area contributed by atoms with E-state index in [9.17, 15) is 0 Å². The van der Waals surface area contributed by atoms with E-state index in [1.54, 1.807) is 0 Å². The monoisotopic (exact) mass is 381 g/mol. The number of para-hydroxylation sites is 1. The average molecular weight is 382 g/mol. The van der Waals surface area contributed by atoms with Crippen LogP contribution in [0.2, 0.25) is 30.7 Å². The first-order valence-electron chi connectivity index (χ1n) is 9.68. The third kappa shape index (κ3) is 6.24. The summed E-state index contributed by atoms with van der Waals surface area (Å²) in [5.74, 6) is 0. The van der Waals surface area contributed by atoms with E-state index in [2.05, 4.69) is 89.2 Å². The summed E-state index contributed by atoms with van der Waals surface area (Å²) >= 11 is 0. The second-order valence-electron chi connectivity index (χ2n) is 8.40. The first-order chi connectivity index (χ1) is 11.6. The lowest BCUT2D eigenvalue weighted by Crippen LogP contribution is -2.56. The molecule has 1 aromatic carbocycles. The van der Waals surface area contributed by atoms with E-state index < -0.39 is 16.8 Å². The van der Waals surface area contributed by atoms with E-state index >= 15 is 0 Å². The lowest BCUT2D eigenvalue weighted by atomic mass is 10.2. The zero-order valence-corrected chi connectivity index (χ0v) is 19.7. The smallest absolute Gasteiger partial charge is 0.334 e. The van der Waals surface area contributed by atoms with Crippen molar-refractivity contribution in [2.75, 3.05) is 24.3 Å². The Hall–Kier alpha value is -0.626. The molecule has 25 heavy (non-hydrogen) atoms. The van der Waals surface area contributed by atoms with Crippen molar-refractivity contribution < 1.29 is 8.85 Å². The Balaban J connectivity index is 2.92. The quantitative estimate of drug-likeness (QED) is 0.462. The standard InChI is InChI=1S/C20H39NO2Si2/c1-9-22-25(8,23-10-2)18-14-17-21(19-15-12-11-13-16-19)24(6,7)20(3,4)5/h11-13,15-16H,9-10,14,17-18H2,1-8H3. The summed E-state index contributed by atoms with van der Waals surface area (Å²) in [6, 6.07) is 11.9. The van der Waals surface area contributed by atoms with Crippen LogP contribution in [-0.2, 0) is 8.85 Å². The minimum atomic E-state index is -2.03. The van der Waals surface area contributed by atoms with Gasteiger partial charge in [-0.2, -0.15) is 0 Å². The van der Waals surface area contributed by atoms with Gasteiger partial charge in [0.15, 0.2) is 8.24 Å². The Bertz CT molecular complexity index is 494. The molecule has 0 fully saturated rings. The Labute approximate surface area is 158 Å². The van der Waals surface area contributed by atoms with Crippen LogP contribution in [0.3, 0.4) is 0 Å². The summed E-state index contributed by atoms with van der Waals surface area (Å²) in [7, 11) is -3.67. The Morgan fingerprint density at radius 2 is 1.44 bits per heavy atom. The van der Waals surface area contributed by atoms with Crippen LogP contribution >= 0.6 is 0 Å². The highest BCUT2D eigenvalue weighted by Gasteiger charge is 2.41. The summed E-state index contributed by atoms with van der Waals surface area (Å²) in [6.45, 7) is 21.0. The predicted molar refractivity (Wildman–Crippen MR) is 115 cm³/mol. The van der Waals surface area contributed by atoms with Gasteiger partial charge in [0, 0.05) is 25.4 Å². The van der Waals surface area contributed by atoms with E-state index in [0.717, 1.165) is 32.2 Å². The number of benzene rings is 1. The maximum absolute atomic E-state index is 6.02. The SMILES string of the molecule is CCO[Si](C)(CCCN(c1ccccc1)[Si](C)(C)C(C)(C)C)OCC. The highest BCUT2D eigenvalue weighted by molar-refractivity contribution is 6.83. The molecule has 0 saturated heterocycles. The van der Waals surface area contributed by atoms with Crippen LogP contribution < -0.4 is 4.57 Å². The molecular weight excluding hydrogens is 342 g/mol. The highest BCUT2D eigenvalue weighted by atomic mass is 28.4. The van der Waals surface area contributed by atoms with Gasteiger partial charge in [0.1, 0.15) is 0 Å². The average Bonchev–Trinajstić information content (AvgIpc) is 2.51. The minimum absolute atomic E-state index is 0.309. The van der Waals surface area contributed by atoms with E-state index in [-0.39, 0.29) is 0 Å². The van der Waals surface area contributed by atoms with Gasteiger partial charge in [-0.25, -0.2) is 0 Å². The van der Waals surface area contributed by atoms with Gasteiger partial charge in [-0.3, -0.25) is 0 Å². The molecule has 0 heterocycles. The van der Waals surface area contributed by atoms with Crippen molar-refractivity contribution >= 4 is 22.5 Å². The molecule has 0 radical (unpaired) electrons. The zero-order valence-electron chi connectivity index (χ0n) is 17.7. The molecule has 0 unspecified atom stereocenters. The number of hydrogen-bond donors (Lipinski definition) is 0. The molecule has 0 bridgehead atoms. The van der Waals surface area contributed by atoms with Gasteiger partial charge in [-0.1, -0.05) is 52.1 Å². The molecule has 144 valence electrons. The van der Waals surface area contributed by atoms with Crippen molar-refractivity contribution in [3.63, 3.8) is 0 Å². The van der Waals surface area contributed by atoms with Crippen molar-refractivity contribution in [2.45, 2.75) is 71.8 Å². The largest absolute Gasteiger partial charge is 0.397 e. The van der Waals surface area contributed by atoms with Crippen molar-refractivity contribution in [3.8, 4) is 0 Å². The minimum Gasteiger partial charge on any atom is -0.397 e. The van der Waals surface area contributed by atoms with Crippen molar-refractivity contribution in [2.24, 2.45) is 0 Å². The van der Waals surface area contributed by atoms with Gasteiger partial charge >= 0.3 is 8.56 Å². The molecule has 3 nitrogen and oxygen atoms in total. The molecule has 1 aromatic rings. The van der Waals surface area contributed by atoms with E-state index in [0.29, 0.717) is 5.04 Å². The second kappa shape index (κ2) is 9.35. The molecule has 0 aliphatic rings. The van der Waals surface area contributed by atoms with Crippen molar-refractivity contribution in [3.05, 3.63) is 30.3 Å². The summed E-state index contributed by atoms with van der Waals surface area (Å²) in [6.07, 6.45) is 1.12. The maximum atomic E-state index is 6.02. The van der Waals surface area contributed by atoms with Gasteiger partial charge < -0.3 is 13.4 Å². The molecule has 0 amide bonds. The summed E-state index contributed by atoms with van der Waals surface area (Å²) in [5.41, 5.74) is 1.35. The Kier molecular flexibility index (Phi) is 8.38. The predicted octanol–water partition coefficient (Wildman–Crippen LogP) is 6.03. The fourth-order valence-electron chi connectivity index (χ4n) is 3.10. The lowest BCUT2D eigenvalue weighted by Gasteiger charge is -2.47. The van der Waals surface area contributed by atoms with E-state index in [4.69, 9.17) is 8.85 Å². The number of rotatable bonds is 10. The van der Waals surface area contributed by atoms with Gasteiger partial charge in [0.25, 0.3) is 0 Å². The molecule has 0 aliphatic carbocycles. The third-order valence-electron chi connectivity index (χ3n) is 5.49. The van der Waals surface area contributed by atoms with Crippen LogP contribution in [-0.4, -0.2) is 36.6 Å². The van der Waals surface area contributed by atoms with Gasteiger partial charge in [0.05, 0.1) is 0 Å². The van der Waals surface area contributed by atoms with Crippen LogP contribution in [0.1, 0.15) is 41.0 Å². The van der Waals surface area contributed by atoms with Crippen molar-refractivity contribution in [1.29, 1.82) is 0 Å².